The molecular weight excluding hydrogens is 845 g/mol. The van der Waals surface area contributed by atoms with E-state index in [1.807, 2.05) is 108 Å². The first-order valence-corrected chi connectivity index (χ1v) is 23.2. The summed E-state index contributed by atoms with van der Waals surface area (Å²) in [7, 11) is 3.95. The van der Waals surface area contributed by atoms with Crippen molar-refractivity contribution in [1.29, 1.82) is 0 Å². The summed E-state index contributed by atoms with van der Waals surface area (Å²) in [5.41, 5.74) is 9.48. The van der Waals surface area contributed by atoms with Gasteiger partial charge >= 0.3 is 0 Å². The normalized spacial score (nSPS) is 12.2. The molecule has 0 radical (unpaired) electrons. The van der Waals surface area contributed by atoms with E-state index in [1.165, 1.54) is 0 Å². The van der Waals surface area contributed by atoms with Gasteiger partial charge in [0.2, 0.25) is 0 Å². The highest BCUT2D eigenvalue weighted by molar-refractivity contribution is 7.23. The quantitative estimate of drug-likeness (QED) is 0.163. The van der Waals surface area contributed by atoms with Crippen molar-refractivity contribution in [3.05, 3.63) is 154 Å². The molecular formula is C50H28N6O2S4. The summed E-state index contributed by atoms with van der Waals surface area (Å²) in [5, 5.41) is 5.43. The number of aromatic nitrogens is 6. The fourth-order valence-corrected chi connectivity index (χ4v) is 12.7. The van der Waals surface area contributed by atoms with Crippen molar-refractivity contribution in [3.63, 3.8) is 0 Å². The number of aryl methyl sites for hydroxylation is 2. The Morgan fingerprint density at radius 3 is 1.06 bits per heavy atom. The van der Waals surface area contributed by atoms with Crippen LogP contribution in [-0.2, 0) is 14.1 Å². The standard InChI is InChI=1S/C50H28N6O2S4/c1-55-35-23-28-36(56(2)38-22-26(48-52-32-12-4-8-16-40(32)60-48)20-30(44(38)46(28)58)50-54-34-14-6-10-18-42(34)62-50)24-27(35)45(57)43-29(49-53-33-13-5-9-17-41(33)61-49)19-25(21-37(43)55)47-51-31-11-3-7-15-39(31)59-47/h3-24H,1-2H3. The van der Waals surface area contributed by atoms with Gasteiger partial charge in [-0.2, -0.15) is 0 Å². The molecule has 62 heavy (non-hydrogen) atoms. The van der Waals surface area contributed by atoms with E-state index in [0.29, 0.717) is 32.6 Å². The Bertz CT molecular complexity index is 3810. The van der Waals surface area contributed by atoms with Crippen molar-refractivity contribution >= 4 is 130 Å². The van der Waals surface area contributed by atoms with Crippen LogP contribution in [0.3, 0.4) is 0 Å². The Morgan fingerprint density at radius 1 is 0.387 bits per heavy atom. The van der Waals surface area contributed by atoms with Crippen molar-refractivity contribution in [2.75, 3.05) is 0 Å². The number of benzene rings is 7. The SMILES string of the molecule is Cn1c2cc3c(=O)c4c(-c5nc6ccccc6s5)cc(-c5nc6ccccc6s5)cc4n(C)c3cc2c(=O)c2c(-c3nc4ccccc4s3)cc(-c3nc4ccccc4s3)cc21. The molecule has 0 saturated heterocycles. The summed E-state index contributed by atoms with van der Waals surface area (Å²) < 4.78 is 8.36. The zero-order valence-corrected chi connectivity index (χ0v) is 36.1. The molecule has 0 fully saturated rings. The third-order valence-corrected chi connectivity index (χ3v) is 16.2. The summed E-state index contributed by atoms with van der Waals surface area (Å²) in [6, 6.07) is 44.4. The van der Waals surface area contributed by atoms with E-state index in [9.17, 15) is 0 Å². The molecule has 0 atom stereocenters. The number of hydrogen-bond donors (Lipinski definition) is 0. The van der Waals surface area contributed by atoms with Gasteiger partial charge in [0.25, 0.3) is 0 Å². The van der Waals surface area contributed by atoms with Crippen LogP contribution in [0.4, 0.5) is 0 Å². The summed E-state index contributed by atoms with van der Waals surface area (Å²) in [6.07, 6.45) is 0. The average Bonchev–Trinajstić information content (AvgIpc) is 4.13. The van der Waals surface area contributed by atoms with E-state index in [0.717, 1.165) is 94.2 Å². The maximum atomic E-state index is 15.2. The van der Waals surface area contributed by atoms with Gasteiger partial charge in [-0.3, -0.25) is 9.59 Å². The number of rotatable bonds is 4. The lowest BCUT2D eigenvalue weighted by Crippen LogP contribution is -2.14. The Hall–Kier alpha value is -6.96. The fourth-order valence-electron chi connectivity index (χ4n) is 8.83. The van der Waals surface area contributed by atoms with Crippen LogP contribution in [0.1, 0.15) is 0 Å². The molecule has 6 heterocycles. The number of thiazole rings is 4. The maximum Gasteiger partial charge on any atom is 0.198 e. The van der Waals surface area contributed by atoms with Crippen molar-refractivity contribution in [3.8, 4) is 42.3 Å². The molecule has 13 rings (SSSR count). The van der Waals surface area contributed by atoms with Gasteiger partial charge in [0.05, 0.1) is 73.7 Å². The first kappa shape index (κ1) is 35.8. The maximum absolute atomic E-state index is 15.2. The van der Waals surface area contributed by atoms with Crippen LogP contribution < -0.4 is 10.9 Å². The number of nitrogens with zero attached hydrogens (tertiary/aromatic N) is 6. The zero-order chi connectivity index (χ0) is 41.4. The highest BCUT2D eigenvalue weighted by Gasteiger charge is 2.24. The molecule has 7 aromatic carbocycles. The summed E-state index contributed by atoms with van der Waals surface area (Å²) in [6.45, 7) is 0. The van der Waals surface area contributed by atoms with Crippen LogP contribution in [0.15, 0.2) is 143 Å². The number of para-hydroxylation sites is 4. The van der Waals surface area contributed by atoms with Crippen LogP contribution in [0.25, 0.3) is 127 Å². The second kappa shape index (κ2) is 13.3. The number of hydrogen-bond acceptors (Lipinski definition) is 10. The minimum atomic E-state index is -0.119. The van der Waals surface area contributed by atoms with E-state index in [1.54, 1.807) is 45.3 Å². The van der Waals surface area contributed by atoms with Crippen LogP contribution in [0.2, 0.25) is 0 Å². The highest BCUT2D eigenvalue weighted by atomic mass is 32.1. The second-order valence-corrected chi connectivity index (χ2v) is 19.6. The van der Waals surface area contributed by atoms with Crippen molar-refractivity contribution < 1.29 is 0 Å². The van der Waals surface area contributed by atoms with Gasteiger partial charge < -0.3 is 9.13 Å². The predicted octanol–water partition coefficient (Wildman–Crippen LogP) is 12.8. The molecule has 8 nitrogen and oxygen atoms in total. The molecule has 6 aromatic heterocycles. The van der Waals surface area contributed by atoms with Crippen molar-refractivity contribution in [1.82, 2.24) is 29.1 Å². The van der Waals surface area contributed by atoms with Gasteiger partial charge in [0, 0.05) is 47.1 Å². The Morgan fingerprint density at radius 2 is 0.710 bits per heavy atom. The lowest BCUT2D eigenvalue weighted by Gasteiger charge is -2.17. The summed E-state index contributed by atoms with van der Waals surface area (Å²) in [4.78, 5) is 50.6. The molecule has 0 aliphatic heterocycles. The topological polar surface area (TPSA) is 95.6 Å². The molecule has 12 heteroatoms. The first-order valence-electron chi connectivity index (χ1n) is 19.9. The molecule has 0 N–H and O–H groups in total. The van der Waals surface area contributed by atoms with Gasteiger partial charge in [-0.25, -0.2) is 19.9 Å². The molecule has 0 aliphatic rings. The third kappa shape index (κ3) is 5.27. The number of fused-ring (bicyclic) bond motifs is 8. The number of pyridine rings is 2. The van der Waals surface area contributed by atoms with Crippen molar-refractivity contribution in [2.45, 2.75) is 0 Å². The van der Waals surface area contributed by atoms with Crippen LogP contribution in [0, 0.1) is 0 Å². The minimum absolute atomic E-state index is 0.119. The van der Waals surface area contributed by atoms with E-state index in [2.05, 4.69) is 48.5 Å². The second-order valence-electron chi connectivity index (χ2n) is 15.4. The smallest absolute Gasteiger partial charge is 0.198 e. The first-order chi connectivity index (χ1) is 30.3. The van der Waals surface area contributed by atoms with Crippen LogP contribution >= 0.6 is 45.3 Å². The Kier molecular flexibility index (Phi) is 7.65. The zero-order valence-electron chi connectivity index (χ0n) is 32.8. The van der Waals surface area contributed by atoms with Crippen molar-refractivity contribution in [2.24, 2.45) is 14.1 Å². The lowest BCUT2D eigenvalue weighted by molar-refractivity contribution is 0.994. The van der Waals surface area contributed by atoms with E-state index in [-0.39, 0.29) is 10.9 Å². The van der Waals surface area contributed by atoms with E-state index >= 15 is 9.59 Å². The van der Waals surface area contributed by atoms with Gasteiger partial charge in [-0.05, 0) is 84.9 Å². The monoisotopic (exact) mass is 872 g/mol. The molecule has 0 saturated carbocycles. The molecule has 0 unspecified atom stereocenters. The molecule has 13 aromatic rings. The largest absolute Gasteiger partial charge is 0.343 e. The average molecular weight is 873 g/mol. The molecule has 294 valence electrons. The Balaban J connectivity index is 1.12. The van der Waals surface area contributed by atoms with Gasteiger partial charge in [0.15, 0.2) is 10.9 Å². The van der Waals surface area contributed by atoms with Crippen LogP contribution in [0.5, 0.6) is 0 Å². The lowest BCUT2D eigenvalue weighted by atomic mass is 9.98. The summed E-state index contributed by atoms with van der Waals surface area (Å²) in [5.74, 6) is 0. The van der Waals surface area contributed by atoms with Gasteiger partial charge in [0.1, 0.15) is 20.0 Å². The van der Waals surface area contributed by atoms with Gasteiger partial charge in [-0.15, -0.1) is 45.3 Å². The molecule has 0 aliphatic carbocycles. The Labute approximate surface area is 366 Å². The minimum Gasteiger partial charge on any atom is -0.343 e. The van der Waals surface area contributed by atoms with E-state index < -0.39 is 0 Å². The fraction of sp³-hybridized carbons (Fsp3) is 0.0400. The molecule has 0 spiro atoms. The van der Waals surface area contributed by atoms with Crippen LogP contribution in [-0.4, -0.2) is 29.1 Å². The predicted molar refractivity (Wildman–Crippen MR) is 261 cm³/mol. The third-order valence-electron chi connectivity index (χ3n) is 11.9. The summed E-state index contributed by atoms with van der Waals surface area (Å²) >= 11 is 6.39. The highest BCUT2D eigenvalue weighted by Crippen LogP contribution is 2.42. The molecule has 0 amide bonds. The van der Waals surface area contributed by atoms with Gasteiger partial charge in [-0.1, -0.05) is 48.5 Å². The van der Waals surface area contributed by atoms with E-state index in [4.69, 9.17) is 19.9 Å². The molecule has 0 bridgehead atoms.